The highest BCUT2D eigenvalue weighted by atomic mass is 32.2. The van der Waals surface area contributed by atoms with Gasteiger partial charge in [0.2, 0.25) is 0 Å². The average molecular weight is 265 g/mol. The fourth-order valence-electron chi connectivity index (χ4n) is 1.18. The number of aryl methyl sites for hydroxylation is 1. The molecule has 96 valence electrons. The average Bonchev–Trinajstić information content (AvgIpc) is 2.34. The van der Waals surface area contributed by atoms with Crippen molar-refractivity contribution >= 4 is 15.8 Å². The number of rotatable bonds is 1. The molecule has 2 aromatic rings. The molecule has 0 unspecified atom stereocenters. The van der Waals surface area contributed by atoms with Gasteiger partial charge in [0.25, 0.3) is 10.1 Å². The molecule has 0 amide bonds. The van der Waals surface area contributed by atoms with Crippen LogP contribution in [0.4, 0.5) is 5.69 Å². The summed E-state index contributed by atoms with van der Waals surface area (Å²) < 4.78 is 29.2. The van der Waals surface area contributed by atoms with Gasteiger partial charge in [0.15, 0.2) is 0 Å². The minimum Gasteiger partial charge on any atom is -0.399 e. The summed E-state index contributed by atoms with van der Waals surface area (Å²) in [6, 6.07) is 15.2. The summed E-state index contributed by atoms with van der Waals surface area (Å²) in [4.78, 5) is -0.0741. The zero-order chi connectivity index (χ0) is 13.6. The summed E-state index contributed by atoms with van der Waals surface area (Å²) in [5, 5.41) is 0. The van der Waals surface area contributed by atoms with E-state index in [9.17, 15) is 8.42 Å². The van der Waals surface area contributed by atoms with Crippen molar-refractivity contribution in [3.05, 3.63) is 60.2 Å². The molecule has 3 N–H and O–H groups in total. The lowest BCUT2D eigenvalue weighted by atomic mass is 10.2. The molecule has 0 bridgehead atoms. The fourth-order valence-corrected chi connectivity index (χ4v) is 1.68. The van der Waals surface area contributed by atoms with E-state index in [2.05, 4.69) is 0 Å². The molecule has 0 atom stereocenters. The maximum atomic E-state index is 10.4. The van der Waals surface area contributed by atoms with Crippen LogP contribution >= 0.6 is 0 Å². The van der Waals surface area contributed by atoms with Crippen molar-refractivity contribution in [1.29, 1.82) is 0 Å². The van der Waals surface area contributed by atoms with Crippen molar-refractivity contribution in [2.24, 2.45) is 0 Å². The third-order valence-corrected chi connectivity index (χ3v) is 3.10. The minimum atomic E-state index is -4.00. The van der Waals surface area contributed by atoms with Crippen molar-refractivity contribution < 1.29 is 13.0 Å². The molecular weight excluding hydrogens is 250 g/mol. The lowest BCUT2D eigenvalue weighted by Gasteiger charge is -1.93. The molecule has 0 spiro atoms. The normalized spacial score (nSPS) is 10.3. The second-order valence-electron chi connectivity index (χ2n) is 3.64. The number of hydrogen-bond donors (Lipinski definition) is 2. The van der Waals surface area contributed by atoms with E-state index in [1.165, 1.54) is 12.1 Å². The standard InChI is InChI=1S/C7H9N.C6H6O3S/c1-6-4-2-3-5-7(6)8;7-10(8,9)6-4-2-1-3-5-6/h2-5H,8H2,1H3;1-5H,(H,7,8,9). The first-order chi connectivity index (χ1) is 8.41. The Morgan fingerprint density at radius 1 is 0.944 bits per heavy atom. The van der Waals surface area contributed by atoms with Crippen LogP contribution in [0.25, 0.3) is 0 Å². The molecule has 0 aliphatic heterocycles. The van der Waals surface area contributed by atoms with Gasteiger partial charge in [-0.15, -0.1) is 0 Å². The number of nitrogen functional groups attached to an aromatic ring is 1. The molecule has 5 heteroatoms. The zero-order valence-corrected chi connectivity index (χ0v) is 10.8. The van der Waals surface area contributed by atoms with Crippen LogP contribution in [0.15, 0.2) is 59.5 Å². The van der Waals surface area contributed by atoms with Gasteiger partial charge in [0.1, 0.15) is 0 Å². The summed E-state index contributed by atoms with van der Waals surface area (Å²) in [5.41, 5.74) is 7.53. The molecular formula is C13H15NO3S. The fraction of sp³-hybridized carbons (Fsp3) is 0.0769. The Bertz CT molecular complexity index is 574. The summed E-state index contributed by atoms with van der Waals surface area (Å²) in [5.74, 6) is 0. The van der Waals surface area contributed by atoms with Crippen molar-refractivity contribution in [2.75, 3.05) is 5.73 Å². The molecule has 0 aromatic heterocycles. The maximum absolute atomic E-state index is 10.4. The highest BCUT2D eigenvalue weighted by Crippen LogP contribution is 2.06. The van der Waals surface area contributed by atoms with Crippen LogP contribution in [0.3, 0.4) is 0 Å². The third-order valence-electron chi connectivity index (χ3n) is 2.23. The molecule has 18 heavy (non-hydrogen) atoms. The van der Waals surface area contributed by atoms with Crippen LogP contribution in [0.1, 0.15) is 5.56 Å². The SMILES string of the molecule is Cc1ccccc1N.O=S(=O)(O)c1ccccc1. The monoisotopic (exact) mass is 265 g/mol. The third kappa shape index (κ3) is 4.57. The molecule has 2 rings (SSSR count). The van der Waals surface area contributed by atoms with Gasteiger partial charge in [-0.2, -0.15) is 8.42 Å². The number of nitrogens with two attached hydrogens (primary N) is 1. The Morgan fingerprint density at radius 3 is 1.78 bits per heavy atom. The Balaban J connectivity index is 0.000000184. The van der Waals surface area contributed by atoms with Gasteiger partial charge in [-0.1, -0.05) is 36.4 Å². The van der Waals surface area contributed by atoms with Crippen molar-refractivity contribution in [1.82, 2.24) is 0 Å². The lowest BCUT2D eigenvalue weighted by Crippen LogP contribution is -1.96. The molecule has 0 fully saturated rings. The predicted octanol–water partition coefficient (Wildman–Crippen LogP) is 2.51. The van der Waals surface area contributed by atoms with Gasteiger partial charge in [-0.3, -0.25) is 4.55 Å². The van der Waals surface area contributed by atoms with Gasteiger partial charge in [0, 0.05) is 5.69 Å². The molecule has 0 saturated heterocycles. The van der Waals surface area contributed by atoms with E-state index in [4.69, 9.17) is 10.3 Å². The van der Waals surface area contributed by atoms with Crippen molar-refractivity contribution in [3.63, 3.8) is 0 Å². The first-order valence-electron chi connectivity index (χ1n) is 5.25. The second kappa shape index (κ2) is 6.18. The van der Waals surface area contributed by atoms with E-state index in [0.29, 0.717) is 0 Å². The van der Waals surface area contributed by atoms with Crippen LogP contribution in [-0.4, -0.2) is 13.0 Å². The highest BCUT2D eigenvalue weighted by molar-refractivity contribution is 7.85. The molecule has 0 heterocycles. The van der Waals surface area contributed by atoms with Gasteiger partial charge in [-0.25, -0.2) is 0 Å². The summed E-state index contributed by atoms with van der Waals surface area (Å²) in [6.07, 6.45) is 0. The minimum absolute atomic E-state index is 0.0741. The molecule has 4 nitrogen and oxygen atoms in total. The van der Waals surface area contributed by atoms with E-state index >= 15 is 0 Å². The van der Waals surface area contributed by atoms with Gasteiger partial charge < -0.3 is 5.73 Å². The molecule has 2 aromatic carbocycles. The van der Waals surface area contributed by atoms with E-state index < -0.39 is 10.1 Å². The Kier molecular flexibility index (Phi) is 4.88. The smallest absolute Gasteiger partial charge is 0.294 e. The van der Waals surface area contributed by atoms with E-state index in [1.807, 2.05) is 31.2 Å². The van der Waals surface area contributed by atoms with E-state index in [-0.39, 0.29) is 4.90 Å². The number of hydrogen-bond acceptors (Lipinski definition) is 3. The van der Waals surface area contributed by atoms with Gasteiger partial charge in [-0.05, 0) is 30.7 Å². The van der Waals surface area contributed by atoms with Crippen LogP contribution in [0, 0.1) is 6.92 Å². The van der Waals surface area contributed by atoms with Crippen LogP contribution in [0.5, 0.6) is 0 Å². The first kappa shape index (κ1) is 14.2. The van der Waals surface area contributed by atoms with Crippen LogP contribution < -0.4 is 5.73 Å². The Hall–Kier alpha value is -1.85. The predicted molar refractivity (Wildman–Crippen MR) is 71.8 cm³/mol. The first-order valence-corrected chi connectivity index (χ1v) is 6.69. The largest absolute Gasteiger partial charge is 0.399 e. The molecule has 0 aliphatic carbocycles. The summed E-state index contributed by atoms with van der Waals surface area (Å²) in [6.45, 7) is 2.00. The molecule has 0 radical (unpaired) electrons. The second-order valence-corrected chi connectivity index (χ2v) is 5.07. The number of anilines is 1. The Morgan fingerprint density at radius 2 is 1.44 bits per heavy atom. The quantitative estimate of drug-likeness (QED) is 0.613. The van der Waals surface area contributed by atoms with Crippen molar-refractivity contribution in [3.8, 4) is 0 Å². The van der Waals surface area contributed by atoms with Gasteiger partial charge >= 0.3 is 0 Å². The zero-order valence-electron chi connectivity index (χ0n) is 9.95. The Labute approximate surface area is 107 Å². The lowest BCUT2D eigenvalue weighted by molar-refractivity contribution is 0.483. The molecule has 0 aliphatic rings. The van der Waals surface area contributed by atoms with Gasteiger partial charge in [0.05, 0.1) is 4.90 Å². The van der Waals surface area contributed by atoms with E-state index in [1.54, 1.807) is 18.2 Å². The highest BCUT2D eigenvalue weighted by Gasteiger charge is 2.05. The van der Waals surface area contributed by atoms with Crippen LogP contribution in [-0.2, 0) is 10.1 Å². The summed E-state index contributed by atoms with van der Waals surface area (Å²) in [7, 11) is -4.00. The number of para-hydroxylation sites is 1. The van der Waals surface area contributed by atoms with Crippen molar-refractivity contribution in [2.45, 2.75) is 11.8 Å². The molecule has 0 saturated carbocycles. The number of benzene rings is 2. The van der Waals surface area contributed by atoms with E-state index in [0.717, 1.165) is 11.3 Å². The summed E-state index contributed by atoms with van der Waals surface area (Å²) >= 11 is 0. The maximum Gasteiger partial charge on any atom is 0.294 e. The topological polar surface area (TPSA) is 80.4 Å². The van der Waals surface area contributed by atoms with Crippen LogP contribution in [0.2, 0.25) is 0 Å².